The molecule has 19 heavy (non-hydrogen) atoms. The Balaban J connectivity index is 3.13. The average molecular weight is 266 g/mol. The lowest BCUT2D eigenvalue weighted by molar-refractivity contribution is -0.508. The van der Waals surface area contributed by atoms with Crippen molar-refractivity contribution >= 4 is 11.7 Å². The van der Waals surface area contributed by atoms with E-state index in [4.69, 9.17) is 4.74 Å². The number of rotatable bonds is 4. The van der Waals surface area contributed by atoms with E-state index in [0.29, 0.717) is 0 Å². The molecule has 0 amide bonds. The van der Waals surface area contributed by atoms with Crippen LogP contribution in [0.15, 0.2) is 0 Å². The third-order valence-corrected chi connectivity index (χ3v) is 3.47. The smallest absolute Gasteiger partial charge is 0.401 e. The van der Waals surface area contributed by atoms with Crippen LogP contribution in [0.4, 0.5) is 0 Å². The molecule has 0 N–H and O–H groups in total. The molecule has 0 atom stereocenters. The van der Waals surface area contributed by atoms with Gasteiger partial charge >= 0.3 is 5.97 Å². The van der Waals surface area contributed by atoms with Gasteiger partial charge in [0.25, 0.3) is 5.71 Å². The fraction of sp³-hybridized carbons (Fsp3) is 0.786. The van der Waals surface area contributed by atoms with Gasteiger partial charge < -0.3 is 9.94 Å². The molecule has 1 rings (SSSR count). The maximum absolute atomic E-state index is 12.4. The normalized spacial score (nSPS) is 18.4. The molecule has 1 fully saturated rings. The zero-order chi connectivity index (χ0) is 14.5. The Morgan fingerprint density at radius 1 is 1.42 bits per heavy atom. The minimum Gasteiger partial charge on any atom is -0.623 e. The second-order valence-corrected chi connectivity index (χ2v) is 5.42. The Hall–Kier alpha value is -1.57. The number of hydroxylamine groups is 1. The Morgan fingerprint density at radius 2 is 2.00 bits per heavy atom. The van der Waals surface area contributed by atoms with Gasteiger partial charge in [0, 0.05) is 12.8 Å². The summed E-state index contributed by atoms with van der Waals surface area (Å²) in [5.41, 5.74) is -1.20. The first-order chi connectivity index (χ1) is 8.94. The predicted octanol–water partition coefficient (Wildman–Crippen LogP) is 2.38. The molecule has 0 aromatic heterocycles. The molecule has 1 aliphatic rings. The first-order valence-electron chi connectivity index (χ1n) is 6.86. The molecule has 106 valence electrons. The summed E-state index contributed by atoms with van der Waals surface area (Å²) < 4.78 is 5.67. The number of esters is 1. The van der Waals surface area contributed by atoms with E-state index < -0.39 is 11.4 Å². The maximum atomic E-state index is 12.4. The Bertz CT molecular complexity index is 401. The van der Waals surface area contributed by atoms with Gasteiger partial charge in [-0.3, -0.25) is 0 Å². The van der Waals surface area contributed by atoms with E-state index >= 15 is 0 Å². The van der Waals surface area contributed by atoms with Crippen LogP contribution in [0, 0.1) is 22.0 Å². The van der Waals surface area contributed by atoms with E-state index in [1.165, 1.54) is 0 Å². The highest BCUT2D eigenvalue weighted by Crippen LogP contribution is 2.24. The van der Waals surface area contributed by atoms with Crippen molar-refractivity contribution in [2.24, 2.45) is 5.41 Å². The minimum absolute atomic E-state index is 0.0660. The van der Waals surface area contributed by atoms with Crippen LogP contribution >= 0.6 is 0 Å². The molecule has 0 saturated heterocycles. The molecule has 5 heteroatoms. The van der Waals surface area contributed by atoms with E-state index in [1.807, 2.05) is 6.07 Å². The van der Waals surface area contributed by atoms with Crippen LogP contribution in [0.25, 0.3) is 0 Å². The summed E-state index contributed by atoms with van der Waals surface area (Å²) >= 11 is 0. The van der Waals surface area contributed by atoms with Crippen LogP contribution in [0.1, 0.15) is 52.9 Å². The van der Waals surface area contributed by atoms with E-state index in [9.17, 15) is 15.3 Å². The summed E-state index contributed by atoms with van der Waals surface area (Å²) in [7, 11) is 0. The molecule has 0 aromatic rings. The number of nitriles is 1. The highest BCUT2D eigenvalue weighted by molar-refractivity contribution is 6.36. The average Bonchev–Trinajstić information content (AvgIpc) is 2.40. The van der Waals surface area contributed by atoms with Gasteiger partial charge in [-0.2, -0.15) is 10.0 Å². The van der Waals surface area contributed by atoms with Gasteiger partial charge in [0.2, 0.25) is 0 Å². The molecule has 0 aromatic carbocycles. The van der Waals surface area contributed by atoms with E-state index in [-0.39, 0.29) is 18.4 Å². The van der Waals surface area contributed by atoms with Gasteiger partial charge in [0.15, 0.2) is 6.04 Å². The SMILES string of the molecule is CCOC(=O)/C(=[N+](/[O-])C1CCCCC1)C(C)(C)C#N. The molecule has 0 unspecified atom stereocenters. The van der Waals surface area contributed by atoms with Crippen LogP contribution in [0.2, 0.25) is 0 Å². The summed E-state index contributed by atoms with van der Waals surface area (Å²) in [4.78, 5) is 12.0. The van der Waals surface area contributed by atoms with Crippen molar-refractivity contribution in [1.29, 1.82) is 5.26 Å². The van der Waals surface area contributed by atoms with Gasteiger partial charge in [-0.15, -0.1) is 0 Å². The Kier molecular flexibility index (Phi) is 5.34. The quantitative estimate of drug-likeness (QED) is 0.257. The molecule has 0 aliphatic heterocycles. The third-order valence-electron chi connectivity index (χ3n) is 3.47. The summed E-state index contributed by atoms with van der Waals surface area (Å²) in [6.45, 7) is 5.03. The summed E-state index contributed by atoms with van der Waals surface area (Å²) in [6, 6.07) is 1.81. The van der Waals surface area contributed by atoms with Crippen molar-refractivity contribution < 1.29 is 14.3 Å². The van der Waals surface area contributed by atoms with Gasteiger partial charge in [-0.25, -0.2) is 4.79 Å². The van der Waals surface area contributed by atoms with Gasteiger partial charge in [0.1, 0.15) is 5.41 Å². The fourth-order valence-electron chi connectivity index (χ4n) is 2.37. The lowest BCUT2D eigenvalue weighted by Crippen LogP contribution is -2.42. The lowest BCUT2D eigenvalue weighted by atomic mass is 9.87. The van der Waals surface area contributed by atoms with Crippen molar-refractivity contribution in [3.63, 3.8) is 0 Å². The van der Waals surface area contributed by atoms with E-state index in [0.717, 1.165) is 36.8 Å². The second-order valence-electron chi connectivity index (χ2n) is 5.42. The predicted molar refractivity (Wildman–Crippen MR) is 71.5 cm³/mol. The van der Waals surface area contributed by atoms with Crippen LogP contribution in [0.3, 0.4) is 0 Å². The number of carbonyl (C=O) groups is 1. The van der Waals surface area contributed by atoms with Gasteiger partial charge in [-0.1, -0.05) is 6.42 Å². The number of hydrogen-bond acceptors (Lipinski definition) is 4. The molecule has 0 heterocycles. The molecule has 0 bridgehead atoms. The maximum Gasteiger partial charge on any atom is 0.401 e. The minimum atomic E-state index is -1.13. The largest absolute Gasteiger partial charge is 0.623 e. The monoisotopic (exact) mass is 266 g/mol. The summed E-state index contributed by atoms with van der Waals surface area (Å²) in [5, 5.41) is 21.6. The van der Waals surface area contributed by atoms with E-state index in [2.05, 4.69) is 0 Å². The number of nitrogens with zero attached hydrogens (tertiary/aromatic N) is 2. The summed E-state index contributed by atoms with van der Waals surface area (Å²) in [5.74, 6) is -0.672. The first kappa shape index (κ1) is 15.5. The van der Waals surface area contributed by atoms with E-state index in [1.54, 1.807) is 20.8 Å². The molecule has 1 aliphatic carbocycles. The fourth-order valence-corrected chi connectivity index (χ4v) is 2.37. The number of hydrogen-bond donors (Lipinski definition) is 0. The van der Waals surface area contributed by atoms with Crippen LogP contribution in [-0.2, 0) is 9.53 Å². The highest BCUT2D eigenvalue weighted by Gasteiger charge is 2.41. The number of ether oxygens (including phenoxy) is 1. The van der Waals surface area contributed by atoms with Crippen LogP contribution in [-0.4, -0.2) is 29.1 Å². The molecule has 0 radical (unpaired) electrons. The van der Waals surface area contributed by atoms with Crippen molar-refractivity contribution in [3.8, 4) is 6.07 Å². The lowest BCUT2D eigenvalue weighted by Gasteiger charge is -2.25. The van der Waals surface area contributed by atoms with Crippen LogP contribution in [0.5, 0.6) is 0 Å². The van der Waals surface area contributed by atoms with Crippen LogP contribution < -0.4 is 0 Å². The topological polar surface area (TPSA) is 76.2 Å². The zero-order valence-corrected chi connectivity index (χ0v) is 11.9. The standard InChI is InChI=1S/C14H22N2O3/c1-4-19-13(17)12(14(2,3)10-15)16(18)11-8-6-5-7-9-11/h11H,4-9H2,1-3H3/b16-12-. The van der Waals surface area contributed by atoms with Crippen molar-refractivity contribution in [2.45, 2.75) is 58.9 Å². The van der Waals surface area contributed by atoms with Gasteiger partial charge in [-0.05, 0) is 33.6 Å². The summed E-state index contributed by atoms with van der Waals surface area (Å²) in [6.07, 6.45) is 4.65. The third kappa shape index (κ3) is 3.69. The molecule has 5 nitrogen and oxygen atoms in total. The Morgan fingerprint density at radius 3 is 2.47 bits per heavy atom. The van der Waals surface area contributed by atoms with Crippen molar-refractivity contribution in [2.75, 3.05) is 6.61 Å². The second kappa shape index (κ2) is 6.55. The Labute approximate surface area is 114 Å². The molecular weight excluding hydrogens is 244 g/mol. The van der Waals surface area contributed by atoms with Gasteiger partial charge in [0.05, 0.1) is 12.7 Å². The number of carbonyl (C=O) groups excluding carboxylic acids is 1. The molecular formula is C14H22N2O3. The molecule has 1 saturated carbocycles. The van der Waals surface area contributed by atoms with Crippen molar-refractivity contribution in [1.82, 2.24) is 0 Å². The highest BCUT2D eigenvalue weighted by atomic mass is 16.5. The first-order valence-corrected chi connectivity index (χ1v) is 6.86. The zero-order valence-electron chi connectivity index (χ0n) is 11.9. The molecule has 0 spiro atoms. The van der Waals surface area contributed by atoms with Crippen molar-refractivity contribution in [3.05, 3.63) is 5.21 Å².